The van der Waals surface area contributed by atoms with Crippen molar-refractivity contribution in [3.63, 3.8) is 0 Å². The quantitative estimate of drug-likeness (QED) is 0.175. The van der Waals surface area contributed by atoms with E-state index in [4.69, 9.17) is 5.21 Å². The smallest absolute Gasteiger partial charge is 0.278 e. The van der Waals surface area contributed by atoms with Gasteiger partial charge in [0.1, 0.15) is 0 Å². The number of allylic oxidation sites excluding steroid dienone is 6. The minimum Gasteiger partial charge on any atom is -0.288 e. The van der Waals surface area contributed by atoms with Gasteiger partial charge in [-0.2, -0.15) is 5.10 Å². The second-order valence-electron chi connectivity index (χ2n) is 4.21. The van der Waals surface area contributed by atoms with Gasteiger partial charge in [0.2, 0.25) is 0 Å². The molecule has 0 heterocycles. The van der Waals surface area contributed by atoms with Gasteiger partial charge in [-0.1, -0.05) is 30.4 Å². The number of carbonyl (C=O) groups excluding carboxylic acids is 2. The zero-order valence-corrected chi connectivity index (χ0v) is 13.2. The lowest BCUT2D eigenvalue weighted by atomic mass is 10.2. The first kappa shape index (κ1) is 19.3. The van der Waals surface area contributed by atoms with Gasteiger partial charge in [0.25, 0.3) is 11.8 Å². The van der Waals surface area contributed by atoms with Crippen molar-refractivity contribution < 1.29 is 14.8 Å². The molecule has 2 amide bonds. The minimum absolute atomic E-state index is 0.0849. The van der Waals surface area contributed by atoms with Gasteiger partial charge < -0.3 is 0 Å². The average Bonchev–Trinajstić information content (AvgIpc) is 2.51. The number of nitrogens with zero attached hydrogens (tertiary/aromatic N) is 1. The molecule has 0 bridgehead atoms. The maximum atomic E-state index is 11.8. The highest BCUT2D eigenvalue weighted by Gasteiger charge is 2.04. The molecule has 0 fully saturated rings. The van der Waals surface area contributed by atoms with Crippen molar-refractivity contribution in [2.45, 2.75) is 27.7 Å². The van der Waals surface area contributed by atoms with E-state index in [0.29, 0.717) is 0 Å². The van der Waals surface area contributed by atoms with Crippen molar-refractivity contribution in [2.24, 2.45) is 5.10 Å². The van der Waals surface area contributed by atoms with Gasteiger partial charge in [-0.3, -0.25) is 14.8 Å². The third-order valence-electron chi connectivity index (χ3n) is 2.38. The standard InChI is InChI=1S/C16H21N3O3/c1-5-7-9-14(8-6-2)11-17-18-15(20)12(3)10-13(4)16(21)19-22/h5-9,11,22H,1-4H3,(H,18,20)(H,19,21)/b7-5-,8-6-,14-9+,17-11+. The van der Waals surface area contributed by atoms with Gasteiger partial charge in [-0.15, -0.1) is 5.73 Å². The minimum atomic E-state index is -0.722. The molecular weight excluding hydrogens is 282 g/mol. The molecule has 0 saturated heterocycles. The molecule has 0 saturated carbocycles. The Labute approximate surface area is 130 Å². The highest BCUT2D eigenvalue weighted by Crippen LogP contribution is 1.97. The Balaban J connectivity index is 4.97. The van der Waals surface area contributed by atoms with Crippen LogP contribution >= 0.6 is 0 Å². The number of hydroxylamine groups is 1. The Morgan fingerprint density at radius 1 is 1.09 bits per heavy atom. The third-order valence-corrected chi connectivity index (χ3v) is 2.38. The predicted molar refractivity (Wildman–Crippen MR) is 86.2 cm³/mol. The number of hydrazone groups is 1. The number of carbonyl (C=O) groups is 2. The van der Waals surface area contributed by atoms with Crippen LogP contribution in [0.15, 0.2) is 57.9 Å². The topological polar surface area (TPSA) is 90.8 Å². The molecule has 0 aromatic heterocycles. The molecule has 6 heteroatoms. The molecule has 0 spiro atoms. The van der Waals surface area contributed by atoms with Gasteiger partial charge in [-0.05, 0) is 33.3 Å². The maximum absolute atomic E-state index is 11.8. The van der Waals surface area contributed by atoms with Crippen molar-refractivity contribution in [2.75, 3.05) is 0 Å². The van der Waals surface area contributed by atoms with E-state index in [2.05, 4.69) is 16.3 Å². The molecule has 0 aliphatic carbocycles. The van der Waals surface area contributed by atoms with Crippen LogP contribution in [0.1, 0.15) is 27.7 Å². The molecule has 0 aliphatic heterocycles. The fourth-order valence-corrected chi connectivity index (χ4v) is 1.27. The summed E-state index contributed by atoms with van der Waals surface area (Å²) in [6.07, 6.45) is 10.8. The van der Waals surface area contributed by atoms with Gasteiger partial charge in [-0.25, -0.2) is 10.9 Å². The number of amides is 2. The van der Waals surface area contributed by atoms with Crippen LogP contribution in [-0.2, 0) is 9.59 Å². The van der Waals surface area contributed by atoms with E-state index in [1.54, 1.807) is 0 Å². The van der Waals surface area contributed by atoms with Crippen molar-refractivity contribution in [1.29, 1.82) is 0 Å². The molecule has 0 aromatic carbocycles. The van der Waals surface area contributed by atoms with E-state index in [1.807, 2.05) is 44.2 Å². The molecule has 0 radical (unpaired) electrons. The molecular formula is C16H21N3O3. The fraction of sp³-hybridized carbons (Fsp3) is 0.250. The van der Waals surface area contributed by atoms with E-state index in [1.165, 1.54) is 25.5 Å². The monoisotopic (exact) mass is 303 g/mol. The van der Waals surface area contributed by atoms with E-state index < -0.39 is 11.8 Å². The van der Waals surface area contributed by atoms with Crippen LogP contribution in [0.5, 0.6) is 0 Å². The second kappa shape index (κ2) is 11.0. The summed E-state index contributed by atoms with van der Waals surface area (Å²) in [5.41, 5.74) is 7.43. The van der Waals surface area contributed by atoms with E-state index in [0.717, 1.165) is 5.57 Å². The van der Waals surface area contributed by atoms with E-state index >= 15 is 0 Å². The molecule has 0 rings (SSSR count). The van der Waals surface area contributed by atoms with Gasteiger partial charge in [0.15, 0.2) is 0 Å². The van der Waals surface area contributed by atoms with Crippen LogP contribution in [0.25, 0.3) is 0 Å². The molecule has 0 aliphatic rings. The highest BCUT2D eigenvalue weighted by atomic mass is 16.5. The van der Waals surface area contributed by atoms with Gasteiger partial charge >= 0.3 is 0 Å². The predicted octanol–water partition coefficient (Wildman–Crippen LogP) is 2.16. The van der Waals surface area contributed by atoms with Crippen LogP contribution in [0.2, 0.25) is 0 Å². The summed E-state index contributed by atoms with van der Waals surface area (Å²) in [5, 5.41) is 12.3. The first-order chi connectivity index (χ1) is 10.5. The summed E-state index contributed by atoms with van der Waals surface area (Å²) in [7, 11) is 0. The summed E-state index contributed by atoms with van der Waals surface area (Å²) < 4.78 is 0. The molecule has 0 atom stereocenters. The van der Waals surface area contributed by atoms with Crippen LogP contribution in [0, 0.1) is 0 Å². The van der Waals surface area contributed by atoms with E-state index in [9.17, 15) is 9.59 Å². The highest BCUT2D eigenvalue weighted by molar-refractivity contribution is 5.96. The zero-order valence-electron chi connectivity index (χ0n) is 13.2. The van der Waals surface area contributed by atoms with Gasteiger partial charge in [0, 0.05) is 0 Å². The molecule has 0 aromatic rings. The molecule has 22 heavy (non-hydrogen) atoms. The van der Waals surface area contributed by atoms with Crippen molar-refractivity contribution in [3.8, 4) is 0 Å². The normalized spacial score (nSPS) is 11.8. The maximum Gasteiger partial charge on any atom is 0.278 e. The summed E-state index contributed by atoms with van der Waals surface area (Å²) in [6, 6.07) is 0. The average molecular weight is 303 g/mol. The Morgan fingerprint density at radius 3 is 2.27 bits per heavy atom. The second-order valence-corrected chi connectivity index (χ2v) is 4.21. The number of hydrogen-bond acceptors (Lipinski definition) is 4. The lowest BCUT2D eigenvalue weighted by Crippen LogP contribution is -2.20. The van der Waals surface area contributed by atoms with Crippen LogP contribution in [0.4, 0.5) is 0 Å². The van der Waals surface area contributed by atoms with Gasteiger partial charge in [0.05, 0.1) is 17.4 Å². The largest absolute Gasteiger partial charge is 0.288 e. The van der Waals surface area contributed by atoms with E-state index in [-0.39, 0.29) is 11.1 Å². The summed E-state index contributed by atoms with van der Waals surface area (Å²) in [4.78, 5) is 22.8. The first-order valence-corrected chi connectivity index (χ1v) is 6.63. The zero-order chi connectivity index (χ0) is 17.0. The first-order valence-electron chi connectivity index (χ1n) is 6.63. The van der Waals surface area contributed by atoms with Crippen molar-refractivity contribution >= 4 is 18.0 Å². The Hall–Kier alpha value is -2.69. The Bertz CT molecular complexity index is 590. The van der Waals surface area contributed by atoms with Crippen LogP contribution in [0.3, 0.4) is 0 Å². The summed E-state index contributed by atoms with van der Waals surface area (Å²) in [5.74, 6) is -1.22. The van der Waals surface area contributed by atoms with Crippen molar-refractivity contribution in [3.05, 3.63) is 52.8 Å². The fourth-order valence-electron chi connectivity index (χ4n) is 1.27. The molecule has 6 nitrogen and oxygen atoms in total. The Morgan fingerprint density at radius 2 is 1.73 bits per heavy atom. The molecule has 0 unspecified atom stereocenters. The number of hydrogen-bond donors (Lipinski definition) is 3. The summed E-state index contributed by atoms with van der Waals surface area (Å²) >= 11 is 0. The number of nitrogens with one attached hydrogen (secondary N) is 2. The lowest BCUT2D eigenvalue weighted by Gasteiger charge is -1.98. The molecule has 118 valence electrons. The number of rotatable bonds is 6. The van der Waals surface area contributed by atoms with Crippen LogP contribution in [-0.4, -0.2) is 23.2 Å². The summed E-state index contributed by atoms with van der Waals surface area (Å²) in [6.45, 7) is 6.69. The Kier molecular flexibility index (Phi) is 9.67. The SMILES string of the molecule is C\C=C/C=C(\C=C/C)/C=N/NC(=O)C(C)=C=C(C)C(=O)NO. The van der Waals surface area contributed by atoms with Crippen LogP contribution < -0.4 is 10.9 Å². The van der Waals surface area contributed by atoms with Crippen molar-refractivity contribution in [1.82, 2.24) is 10.9 Å². The third kappa shape index (κ3) is 7.79. The lowest BCUT2D eigenvalue weighted by molar-refractivity contribution is -0.125. The molecule has 3 N–H and O–H groups in total.